The maximum Gasteiger partial charge on any atom is 0.277 e. The molecular weight excluding hydrogens is 282 g/mol. The fourth-order valence-electron chi connectivity index (χ4n) is 2.61. The summed E-state index contributed by atoms with van der Waals surface area (Å²) in [4.78, 5) is 23.5. The summed E-state index contributed by atoms with van der Waals surface area (Å²) in [5.41, 5.74) is 2.83. The summed E-state index contributed by atoms with van der Waals surface area (Å²) in [6.45, 7) is 0. The molecule has 1 saturated carbocycles. The van der Waals surface area contributed by atoms with Gasteiger partial charge in [-0.1, -0.05) is 5.16 Å². The molecule has 0 radical (unpaired) electrons. The second-order valence-corrected chi connectivity index (χ2v) is 5.76. The van der Waals surface area contributed by atoms with Crippen LogP contribution in [0.25, 0.3) is 0 Å². The number of anilines is 2. The zero-order valence-electron chi connectivity index (χ0n) is 11.9. The Balaban J connectivity index is 1.50. The smallest absolute Gasteiger partial charge is 0.277 e. The quantitative estimate of drug-likeness (QED) is 0.912. The van der Waals surface area contributed by atoms with E-state index in [1.807, 2.05) is 6.07 Å². The van der Waals surface area contributed by atoms with Gasteiger partial charge in [0.2, 0.25) is 5.91 Å². The van der Waals surface area contributed by atoms with Crippen LogP contribution in [0.1, 0.15) is 47.0 Å². The number of hydrogen-bond acceptors (Lipinski definition) is 4. The molecule has 0 saturated heterocycles. The molecule has 22 heavy (non-hydrogen) atoms. The molecule has 0 unspecified atom stereocenters. The third kappa shape index (κ3) is 2.47. The predicted molar refractivity (Wildman–Crippen MR) is 79.8 cm³/mol. The number of aromatic nitrogens is 1. The molecule has 4 rings (SSSR count). The Hall–Kier alpha value is -2.63. The van der Waals surface area contributed by atoms with Gasteiger partial charge in [0.1, 0.15) is 5.76 Å². The van der Waals surface area contributed by atoms with Crippen molar-refractivity contribution in [1.82, 2.24) is 5.16 Å². The van der Waals surface area contributed by atoms with Crippen LogP contribution in [0.3, 0.4) is 0 Å². The normalized spacial score (nSPS) is 16.8. The van der Waals surface area contributed by atoms with Crippen molar-refractivity contribution in [3.8, 4) is 0 Å². The van der Waals surface area contributed by atoms with Crippen LogP contribution in [0, 0.1) is 0 Å². The summed E-state index contributed by atoms with van der Waals surface area (Å²) in [5.74, 6) is 0.967. The third-order valence-corrected chi connectivity index (χ3v) is 4.00. The topological polar surface area (TPSA) is 84.2 Å². The van der Waals surface area contributed by atoms with E-state index in [-0.39, 0.29) is 11.8 Å². The van der Waals surface area contributed by atoms with E-state index in [9.17, 15) is 9.59 Å². The molecule has 1 fully saturated rings. The van der Waals surface area contributed by atoms with Crippen LogP contribution in [0.4, 0.5) is 11.4 Å². The van der Waals surface area contributed by atoms with Crippen molar-refractivity contribution in [2.24, 2.45) is 0 Å². The Bertz CT molecular complexity index is 762. The first kappa shape index (κ1) is 13.1. The van der Waals surface area contributed by atoms with E-state index in [1.165, 1.54) is 0 Å². The maximum atomic E-state index is 12.2. The van der Waals surface area contributed by atoms with Crippen LogP contribution in [0.15, 0.2) is 28.8 Å². The number of nitrogens with zero attached hydrogens (tertiary/aromatic N) is 1. The van der Waals surface area contributed by atoms with Crippen molar-refractivity contribution in [2.75, 3.05) is 10.6 Å². The highest BCUT2D eigenvalue weighted by Gasteiger charge is 2.29. The Kier molecular flexibility index (Phi) is 2.96. The minimum atomic E-state index is -0.282. The number of fused-ring (bicyclic) bond motifs is 1. The summed E-state index contributed by atoms with van der Waals surface area (Å²) in [5, 5.41) is 9.46. The van der Waals surface area contributed by atoms with E-state index in [1.54, 1.807) is 18.2 Å². The highest BCUT2D eigenvalue weighted by molar-refractivity contribution is 6.03. The van der Waals surface area contributed by atoms with Crippen LogP contribution in [0.5, 0.6) is 0 Å². The number of nitrogens with one attached hydrogen (secondary N) is 2. The highest BCUT2D eigenvalue weighted by atomic mass is 16.5. The number of benzene rings is 1. The van der Waals surface area contributed by atoms with Gasteiger partial charge >= 0.3 is 0 Å². The summed E-state index contributed by atoms with van der Waals surface area (Å²) in [6.07, 6.45) is 3.36. The van der Waals surface area contributed by atoms with Crippen molar-refractivity contribution >= 4 is 23.2 Å². The van der Waals surface area contributed by atoms with Gasteiger partial charge in [-0.05, 0) is 43.0 Å². The van der Waals surface area contributed by atoms with E-state index < -0.39 is 0 Å². The lowest BCUT2D eigenvalue weighted by molar-refractivity contribution is -0.116. The Morgan fingerprint density at radius 3 is 2.95 bits per heavy atom. The van der Waals surface area contributed by atoms with Crippen LogP contribution in [-0.4, -0.2) is 17.0 Å². The SMILES string of the molecule is O=C1CCc2cc(NC(=O)c3cc(C4CC4)on3)ccc2N1. The van der Waals surface area contributed by atoms with E-state index >= 15 is 0 Å². The Morgan fingerprint density at radius 1 is 1.27 bits per heavy atom. The molecule has 112 valence electrons. The lowest BCUT2D eigenvalue weighted by Gasteiger charge is -2.17. The van der Waals surface area contributed by atoms with Gasteiger partial charge in [-0.15, -0.1) is 0 Å². The average molecular weight is 297 g/mol. The molecule has 1 aromatic heterocycles. The number of hydrogen-bond donors (Lipinski definition) is 2. The van der Waals surface area contributed by atoms with E-state index in [0.29, 0.717) is 30.1 Å². The van der Waals surface area contributed by atoms with E-state index in [2.05, 4.69) is 15.8 Å². The molecule has 0 atom stereocenters. The van der Waals surface area contributed by atoms with Gasteiger partial charge in [-0.25, -0.2) is 0 Å². The number of aryl methyl sites for hydroxylation is 1. The molecule has 2 amide bonds. The average Bonchev–Trinajstić information content (AvgIpc) is 3.24. The second-order valence-electron chi connectivity index (χ2n) is 5.76. The minimum absolute atomic E-state index is 0.0273. The zero-order chi connectivity index (χ0) is 15.1. The fraction of sp³-hybridized carbons (Fsp3) is 0.312. The standard InChI is InChI=1S/C16H15N3O3/c20-15-6-3-10-7-11(4-5-12(10)18-15)17-16(21)13-8-14(22-19-13)9-1-2-9/h4-5,7-9H,1-3,6H2,(H,17,21)(H,18,20). The van der Waals surface area contributed by atoms with Crippen molar-refractivity contribution < 1.29 is 14.1 Å². The molecule has 1 aliphatic heterocycles. The van der Waals surface area contributed by atoms with Crippen molar-refractivity contribution in [3.05, 3.63) is 41.3 Å². The summed E-state index contributed by atoms with van der Waals surface area (Å²) >= 11 is 0. The van der Waals surface area contributed by atoms with Crippen molar-refractivity contribution in [2.45, 2.75) is 31.6 Å². The van der Waals surface area contributed by atoms with Crippen molar-refractivity contribution in [3.63, 3.8) is 0 Å². The van der Waals surface area contributed by atoms with Crippen LogP contribution in [-0.2, 0) is 11.2 Å². The first-order valence-electron chi connectivity index (χ1n) is 7.40. The lowest BCUT2D eigenvalue weighted by Crippen LogP contribution is -2.19. The van der Waals surface area contributed by atoms with Gasteiger partial charge in [-0.2, -0.15) is 0 Å². The van der Waals surface area contributed by atoms with E-state index in [0.717, 1.165) is 29.9 Å². The number of rotatable bonds is 3. The first-order chi connectivity index (χ1) is 10.7. The molecular formula is C16H15N3O3. The third-order valence-electron chi connectivity index (χ3n) is 4.00. The maximum absolute atomic E-state index is 12.2. The fourth-order valence-corrected chi connectivity index (χ4v) is 2.61. The molecule has 1 aromatic carbocycles. The largest absolute Gasteiger partial charge is 0.360 e. The van der Waals surface area contributed by atoms with Gasteiger partial charge in [-0.3, -0.25) is 9.59 Å². The van der Waals surface area contributed by atoms with Crippen LogP contribution in [0.2, 0.25) is 0 Å². The van der Waals surface area contributed by atoms with Crippen LogP contribution < -0.4 is 10.6 Å². The van der Waals surface area contributed by atoms with Gasteiger partial charge in [0, 0.05) is 29.8 Å². The first-order valence-corrected chi connectivity index (χ1v) is 7.40. The number of amides is 2. The van der Waals surface area contributed by atoms with Crippen LogP contribution >= 0.6 is 0 Å². The summed E-state index contributed by atoms with van der Waals surface area (Å²) in [6, 6.07) is 7.17. The zero-order valence-corrected chi connectivity index (χ0v) is 11.9. The molecule has 6 heteroatoms. The van der Waals surface area contributed by atoms with Gasteiger partial charge in [0.25, 0.3) is 5.91 Å². The molecule has 6 nitrogen and oxygen atoms in total. The Labute approximate surface area is 126 Å². The molecule has 0 spiro atoms. The lowest BCUT2D eigenvalue weighted by atomic mass is 10.0. The Morgan fingerprint density at radius 2 is 2.14 bits per heavy atom. The number of carbonyl (C=O) groups is 2. The van der Waals surface area contributed by atoms with Gasteiger partial charge in [0.05, 0.1) is 0 Å². The summed E-state index contributed by atoms with van der Waals surface area (Å²) < 4.78 is 5.19. The number of carbonyl (C=O) groups excluding carboxylic acids is 2. The minimum Gasteiger partial charge on any atom is -0.360 e. The molecule has 2 N–H and O–H groups in total. The van der Waals surface area contributed by atoms with Gasteiger partial charge in [0.15, 0.2) is 5.69 Å². The highest BCUT2D eigenvalue weighted by Crippen LogP contribution is 2.40. The molecule has 2 aliphatic rings. The molecule has 1 aliphatic carbocycles. The summed E-state index contributed by atoms with van der Waals surface area (Å²) in [7, 11) is 0. The monoisotopic (exact) mass is 297 g/mol. The predicted octanol–water partition coefficient (Wildman–Crippen LogP) is 2.69. The van der Waals surface area contributed by atoms with E-state index in [4.69, 9.17) is 4.52 Å². The van der Waals surface area contributed by atoms with Crippen molar-refractivity contribution in [1.29, 1.82) is 0 Å². The molecule has 0 bridgehead atoms. The molecule has 2 aromatic rings. The molecule has 2 heterocycles. The van der Waals surface area contributed by atoms with Gasteiger partial charge < -0.3 is 15.2 Å². The second kappa shape index (κ2) is 4.98.